The Morgan fingerprint density at radius 2 is 2.14 bits per heavy atom. The molecule has 0 aromatic carbocycles. The van der Waals surface area contributed by atoms with Crippen LogP contribution >= 0.6 is 0 Å². The van der Waals surface area contributed by atoms with Gasteiger partial charge in [0.15, 0.2) is 0 Å². The average molecular weight is 196 g/mol. The molecule has 0 aromatic heterocycles. The molecular formula is C10H16N2O2. The number of hydrogen-bond donors (Lipinski definition) is 0. The lowest BCUT2D eigenvalue weighted by molar-refractivity contribution is -0.128. The van der Waals surface area contributed by atoms with Crippen LogP contribution in [0.25, 0.3) is 0 Å². The Morgan fingerprint density at radius 3 is 2.79 bits per heavy atom. The highest BCUT2D eigenvalue weighted by molar-refractivity contribution is 6.04. The second kappa shape index (κ2) is 3.26. The standard InChI is InChI=1S/C10H16N2O2/c1-3-7-4-5-12-8(6-7)9(13)11(2)10(12)14/h7-8H,3-6H2,1-2H3. The van der Waals surface area contributed by atoms with Crippen molar-refractivity contribution in [3.8, 4) is 0 Å². The number of nitrogens with zero attached hydrogens (tertiary/aromatic N) is 2. The summed E-state index contributed by atoms with van der Waals surface area (Å²) in [5, 5.41) is 0. The van der Waals surface area contributed by atoms with Crippen molar-refractivity contribution >= 4 is 11.9 Å². The zero-order valence-corrected chi connectivity index (χ0v) is 8.69. The van der Waals surface area contributed by atoms with Crippen molar-refractivity contribution < 1.29 is 9.59 Å². The Morgan fingerprint density at radius 1 is 1.43 bits per heavy atom. The predicted molar refractivity (Wildman–Crippen MR) is 51.7 cm³/mol. The lowest BCUT2D eigenvalue weighted by atomic mass is 9.89. The van der Waals surface area contributed by atoms with Crippen LogP contribution in [0.4, 0.5) is 4.79 Å². The minimum Gasteiger partial charge on any atom is -0.312 e. The molecule has 4 heteroatoms. The van der Waals surface area contributed by atoms with Crippen LogP contribution in [0.3, 0.4) is 0 Å². The Labute approximate surface area is 83.9 Å². The molecule has 2 saturated heterocycles. The van der Waals surface area contributed by atoms with E-state index in [1.807, 2.05) is 0 Å². The zero-order valence-electron chi connectivity index (χ0n) is 8.69. The Kier molecular flexibility index (Phi) is 2.21. The molecule has 0 radical (unpaired) electrons. The van der Waals surface area contributed by atoms with Gasteiger partial charge in [-0.2, -0.15) is 0 Å². The summed E-state index contributed by atoms with van der Waals surface area (Å²) in [6.07, 6.45) is 3.00. The average Bonchev–Trinajstić information content (AvgIpc) is 2.44. The minimum absolute atomic E-state index is 0.0202. The maximum Gasteiger partial charge on any atom is 0.327 e. The fourth-order valence-corrected chi connectivity index (χ4v) is 2.38. The summed E-state index contributed by atoms with van der Waals surface area (Å²) in [6.45, 7) is 2.89. The van der Waals surface area contributed by atoms with Gasteiger partial charge >= 0.3 is 6.03 Å². The van der Waals surface area contributed by atoms with E-state index in [2.05, 4.69) is 6.92 Å². The summed E-state index contributed by atoms with van der Waals surface area (Å²) >= 11 is 0. The van der Waals surface area contributed by atoms with E-state index in [0.717, 1.165) is 25.8 Å². The van der Waals surface area contributed by atoms with Crippen molar-refractivity contribution in [3.05, 3.63) is 0 Å². The summed E-state index contributed by atoms with van der Waals surface area (Å²) in [6, 6.07) is -0.277. The molecule has 2 heterocycles. The molecule has 14 heavy (non-hydrogen) atoms. The predicted octanol–water partition coefficient (Wildman–Crippen LogP) is 1.07. The van der Waals surface area contributed by atoms with Crippen LogP contribution in [0.15, 0.2) is 0 Å². The number of amides is 3. The van der Waals surface area contributed by atoms with Crippen LogP contribution in [0.2, 0.25) is 0 Å². The molecule has 0 spiro atoms. The van der Waals surface area contributed by atoms with E-state index < -0.39 is 0 Å². The van der Waals surface area contributed by atoms with Gasteiger partial charge in [0.1, 0.15) is 6.04 Å². The molecule has 0 bridgehead atoms. The van der Waals surface area contributed by atoms with E-state index in [1.54, 1.807) is 11.9 Å². The summed E-state index contributed by atoms with van der Waals surface area (Å²) < 4.78 is 0. The third-order valence-electron chi connectivity index (χ3n) is 3.44. The fourth-order valence-electron chi connectivity index (χ4n) is 2.38. The number of rotatable bonds is 1. The van der Waals surface area contributed by atoms with Crippen LogP contribution in [0.5, 0.6) is 0 Å². The maximum atomic E-state index is 11.7. The van der Waals surface area contributed by atoms with Crippen LogP contribution < -0.4 is 0 Å². The van der Waals surface area contributed by atoms with Gasteiger partial charge < -0.3 is 4.90 Å². The molecular weight excluding hydrogens is 180 g/mol. The number of hydrogen-bond acceptors (Lipinski definition) is 2. The van der Waals surface area contributed by atoms with Crippen molar-refractivity contribution in [2.75, 3.05) is 13.6 Å². The maximum absolute atomic E-state index is 11.7. The summed E-state index contributed by atoms with van der Waals surface area (Å²) in [5.74, 6) is 0.590. The third-order valence-corrected chi connectivity index (χ3v) is 3.44. The fraction of sp³-hybridized carbons (Fsp3) is 0.800. The molecule has 0 aliphatic carbocycles. The largest absolute Gasteiger partial charge is 0.327 e. The summed E-state index contributed by atoms with van der Waals surface area (Å²) in [7, 11) is 1.57. The highest BCUT2D eigenvalue weighted by Gasteiger charge is 2.45. The SMILES string of the molecule is CCC1CCN2C(=O)N(C)C(=O)C2C1. The highest BCUT2D eigenvalue weighted by atomic mass is 16.2. The first-order valence-corrected chi connectivity index (χ1v) is 5.23. The first kappa shape index (κ1) is 9.49. The Balaban J connectivity index is 2.16. The van der Waals surface area contributed by atoms with Gasteiger partial charge in [0.05, 0.1) is 0 Å². The lowest BCUT2D eigenvalue weighted by Gasteiger charge is -2.31. The Hall–Kier alpha value is -1.06. The second-order valence-electron chi connectivity index (χ2n) is 4.19. The molecule has 2 aliphatic heterocycles. The quantitative estimate of drug-likeness (QED) is 0.588. The van der Waals surface area contributed by atoms with Gasteiger partial charge in [-0.25, -0.2) is 4.79 Å². The van der Waals surface area contributed by atoms with E-state index in [9.17, 15) is 9.59 Å². The molecule has 0 N–H and O–H groups in total. The first-order chi connectivity index (χ1) is 6.65. The number of piperidine rings is 1. The van der Waals surface area contributed by atoms with Gasteiger partial charge in [0, 0.05) is 13.6 Å². The molecule has 2 unspecified atom stereocenters. The van der Waals surface area contributed by atoms with Gasteiger partial charge in [-0.1, -0.05) is 13.3 Å². The minimum atomic E-state index is -0.161. The van der Waals surface area contributed by atoms with Gasteiger partial charge in [-0.05, 0) is 18.8 Å². The second-order valence-corrected chi connectivity index (χ2v) is 4.19. The number of carbonyl (C=O) groups is 2. The number of fused-ring (bicyclic) bond motifs is 1. The molecule has 78 valence electrons. The van der Waals surface area contributed by atoms with Crippen molar-refractivity contribution in [1.29, 1.82) is 0 Å². The lowest BCUT2D eigenvalue weighted by Crippen LogP contribution is -2.42. The van der Waals surface area contributed by atoms with Crippen LogP contribution in [-0.2, 0) is 4.79 Å². The smallest absolute Gasteiger partial charge is 0.312 e. The number of likely N-dealkylation sites (N-methyl/N-ethyl adjacent to an activating group) is 1. The van der Waals surface area contributed by atoms with E-state index in [1.165, 1.54) is 4.90 Å². The van der Waals surface area contributed by atoms with E-state index in [4.69, 9.17) is 0 Å². The Bertz CT molecular complexity index is 277. The van der Waals surface area contributed by atoms with Crippen LogP contribution in [0, 0.1) is 5.92 Å². The van der Waals surface area contributed by atoms with E-state index >= 15 is 0 Å². The van der Waals surface area contributed by atoms with E-state index in [-0.39, 0.29) is 18.0 Å². The number of urea groups is 1. The summed E-state index contributed by atoms with van der Waals surface area (Å²) in [5.41, 5.74) is 0. The molecule has 4 nitrogen and oxygen atoms in total. The van der Waals surface area contributed by atoms with Crippen molar-refractivity contribution in [3.63, 3.8) is 0 Å². The summed E-state index contributed by atoms with van der Waals surface area (Å²) in [4.78, 5) is 26.2. The topological polar surface area (TPSA) is 40.6 Å². The third kappa shape index (κ3) is 1.21. The molecule has 0 saturated carbocycles. The normalized spacial score (nSPS) is 32.4. The molecule has 3 amide bonds. The van der Waals surface area contributed by atoms with Crippen molar-refractivity contribution in [2.45, 2.75) is 32.2 Å². The van der Waals surface area contributed by atoms with E-state index in [0.29, 0.717) is 5.92 Å². The molecule has 2 fully saturated rings. The van der Waals surface area contributed by atoms with Gasteiger partial charge in [0.2, 0.25) is 0 Å². The highest BCUT2D eigenvalue weighted by Crippen LogP contribution is 2.30. The zero-order chi connectivity index (χ0) is 10.3. The van der Waals surface area contributed by atoms with Crippen molar-refractivity contribution in [1.82, 2.24) is 9.80 Å². The van der Waals surface area contributed by atoms with Gasteiger partial charge in [-0.3, -0.25) is 9.69 Å². The van der Waals surface area contributed by atoms with Gasteiger partial charge in [0.25, 0.3) is 5.91 Å². The first-order valence-electron chi connectivity index (χ1n) is 5.23. The number of imide groups is 1. The molecule has 2 atom stereocenters. The number of carbonyl (C=O) groups excluding carboxylic acids is 2. The van der Waals surface area contributed by atoms with Crippen molar-refractivity contribution in [2.24, 2.45) is 5.92 Å². The van der Waals surface area contributed by atoms with Crippen LogP contribution in [-0.4, -0.2) is 41.4 Å². The van der Waals surface area contributed by atoms with Gasteiger partial charge in [-0.15, -0.1) is 0 Å². The molecule has 0 aromatic rings. The monoisotopic (exact) mass is 196 g/mol. The molecule has 2 aliphatic rings. The molecule has 2 rings (SSSR count). The van der Waals surface area contributed by atoms with Crippen LogP contribution in [0.1, 0.15) is 26.2 Å².